The summed E-state index contributed by atoms with van der Waals surface area (Å²) >= 11 is 0. The first-order chi connectivity index (χ1) is 6.98. The average Bonchev–Trinajstić information content (AvgIpc) is 2.45. The van der Waals surface area contributed by atoms with Gasteiger partial charge in [0.1, 0.15) is 0 Å². The Hall–Kier alpha value is -0.380. The summed E-state index contributed by atoms with van der Waals surface area (Å²) < 4.78 is 5.45. The molecule has 0 radical (unpaired) electrons. The molecule has 0 amide bonds. The lowest BCUT2D eigenvalue weighted by Crippen LogP contribution is -2.47. The van der Waals surface area contributed by atoms with Gasteiger partial charge in [-0.05, 0) is 13.5 Å². The number of nitrogens with two attached hydrogens (primary N) is 1. The third kappa shape index (κ3) is 3.30. The van der Waals surface area contributed by atoms with E-state index in [9.17, 15) is 0 Å². The maximum absolute atomic E-state index is 6.07. The smallest absolute Gasteiger partial charge is 0.0624 e. The van der Waals surface area contributed by atoms with Crippen LogP contribution in [0, 0.1) is 5.41 Å². The van der Waals surface area contributed by atoms with Crippen molar-refractivity contribution < 1.29 is 4.74 Å². The Morgan fingerprint density at radius 1 is 1.67 bits per heavy atom. The van der Waals surface area contributed by atoms with Crippen molar-refractivity contribution in [1.29, 1.82) is 0 Å². The van der Waals surface area contributed by atoms with Crippen LogP contribution in [-0.4, -0.2) is 43.8 Å². The predicted octanol–water partition coefficient (Wildman–Crippen LogP) is 1.25. The first kappa shape index (κ1) is 12.7. The van der Waals surface area contributed by atoms with Crippen LogP contribution in [0.2, 0.25) is 0 Å². The van der Waals surface area contributed by atoms with E-state index in [1.165, 1.54) is 5.57 Å². The molecule has 2 atom stereocenters. The molecule has 15 heavy (non-hydrogen) atoms. The number of hydrogen-bond acceptors (Lipinski definition) is 3. The van der Waals surface area contributed by atoms with Gasteiger partial charge >= 0.3 is 0 Å². The molecule has 3 nitrogen and oxygen atoms in total. The molecule has 3 heteroatoms. The van der Waals surface area contributed by atoms with E-state index in [1.54, 1.807) is 0 Å². The third-order valence-electron chi connectivity index (χ3n) is 3.15. The highest BCUT2D eigenvalue weighted by molar-refractivity contribution is 4.96. The molecule has 88 valence electrons. The molecular weight excluding hydrogens is 188 g/mol. The van der Waals surface area contributed by atoms with Crippen molar-refractivity contribution in [3.05, 3.63) is 12.2 Å². The third-order valence-corrected chi connectivity index (χ3v) is 3.15. The molecule has 1 fully saturated rings. The van der Waals surface area contributed by atoms with Crippen LogP contribution in [0.5, 0.6) is 0 Å². The van der Waals surface area contributed by atoms with Crippen LogP contribution in [0.15, 0.2) is 12.2 Å². The Labute approximate surface area is 93.3 Å². The first-order valence-corrected chi connectivity index (χ1v) is 5.68. The molecule has 0 bridgehead atoms. The van der Waals surface area contributed by atoms with E-state index in [0.717, 1.165) is 26.2 Å². The van der Waals surface area contributed by atoms with Gasteiger partial charge in [0, 0.05) is 24.5 Å². The Morgan fingerprint density at radius 2 is 2.33 bits per heavy atom. The van der Waals surface area contributed by atoms with E-state index in [4.69, 9.17) is 10.5 Å². The van der Waals surface area contributed by atoms with Crippen molar-refractivity contribution in [1.82, 2.24) is 4.90 Å². The molecule has 1 aliphatic heterocycles. The van der Waals surface area contributed by atoms with Crippen molar-refractivity contribution in [2.24, 2.45) is 11.1 Å². The lowest BCUT2D eigenvalue weighted by atomic mass is 9.85. The van der Waals surface area contributed by atoms with Crippen molar-refractivity contribution >= 4 is 0 Å². The fraction of sp³-hybridized carbons (Fsp3) is 0.833. The van der Waals surface area contributed by atoms with E-state index < -0.39 is 0 Å². The van der Waals surface area contributed by atoms with Crippen molar-refractivity contribution in [2.45, 2.75) is 26.8 Å². The molecule has 0 spiro atoms. The molecule has 0 saturated carbocycles. The number of nitrogens with zero attached hydrogens (tertiary/aromatic N) is 1. The van der Waals surface area contributed by atoms with Crippen molar-refractivity contribution in [2.75, 3.05) is 32.8 Å². The molecule has 1 aliphatic rings. The summed E-state index contributed by atoms with van der Waals surface area (Å²) in [5, 5.41) is 0. The predicted molar refractivity (Wildman–Crippen MR) is 63.8 cm³/mol. The molecule has 0 aliphatic carbocycles. The standard InChI is InChI=1S/C12H24N2O/c1-5-14(6-10(2)3)8-12(4)9-15-7-11(12)13/h11H,2,5-9,13H2,1,3-4H3. The Kier molecular flexibility index (Phi) is 4.32. The van der Waals surface area contributed by atoms with Gasteiger partial charge in [0.25, 0.3) is 0 Å². The van der Waals surface area contributed by atoms with E-state index in [0.29, 0.717) is 6.61 Å². The summed E-state index contributed by atoms with van der Waals surface area (Å²) in [7, 11) is 0. The van der Waals surface area contributed by atoms with Crippen LogP contribution < -0.4 is 5.73 Å². The van der Waals surface area contributed by atoms with Crippen LogP contribution in [0.3, 0.4) is 0 Å². The lowest BCUT2D eigenvalue weighted by Gasteiger charge is -2.33. The van der Waals surface area contributed by atoms with Crippen LogP contribution in [0.4, 0.5) is 0 Å². The first-order valence-electron chi connectivity index (χ1n) is 5.68. The number of likely N-dealkylation sites (N-methyl/N-ethyl adjacent to an activating group) is 1. The number of ether oxygens (including phenoxy) is 1. The zero-order valence-corrected chi connectivity index (χ0v) is 10.3. The van der Waals surface area contributed by atoms with E-state index in [-0.39, 0.29) is 11.5 Å². The van der Waals surface area contributed by atoms with Gasteiger partial charge in [-0.2, -0.15) is 0 Å². The SMILES string of the molecule is C=C(C)CN(CC)CC1(C)COCC1N. The molecule has 2 unspecified atom stereocenters. The minimum absolute atomic E-state index is 0.103. The molecule has 0 aromatic rings. The van der Waals surface area contributed by atoms with Gasteiger partial charge in [-0.1, -0.05) is 26.0 Å². The van der Waals surface area contributed by atoms with Gasteiger partial charge in [0.15, 0.2) is 0 Å². The largest absolute Gasteiger partial charge is 0.379 e. The van der Waals surface area contributed by atoms with Crippen LogP contribution >= 0.6 is 0 Å². The zero-order chi connectivity index (χ0) is 11.5. The summed E-state index contributed by atoms with van der Waals surface area (Å²) in [6.45, 7) is 14.9. The molecule has 0 aromatic carbocycles. The second kappa shape index (κ2) is 5.10. The number of rotatable bonds is 5. The Balaban J connectivity index is 2.53. The quantitative estimate of drug-likeness (QED) is 0.697. The second-order valence-corrected chi connectivity index (χ2v) is 5.04. The van der Waals surface area contributed by atoms with Gasteiger partial charge in [-0.3, -0.25) is 4.90 Å². The molecular formula is C12H24N2O. The van der Waals surface area contributed by atoms with Gasteiger partial charge in [0.05, 0.1) is 13.2 Å². The van der Waals surface area contributed by atoms with Gasteiger partial charge in [-0.25, -0.2) is 0 Å². The highest BCUT2D eigenvalue weighted by atomic mass is 16.5. The topological polar surface area (TPSA) is 38.5 Å². The molecule has 0 aromatic heterocycles. The summed E-state index contributed by atoms with van der Waals surface area (Å²) in [6.07, 6.45) is 0. The van der Waals surface area contributed by atoms with Crippen LogP contribution in [0.1, 0.15) is 20.8 Å². The molecule has 2 N–H and O–H groups in total. The summed E-state index contributed by atoms with van der Waals surface area (Å²) in [6, 6.07) is 0.164. The lowest BCUT2D eigenvalue weighted by molar-refractivity contribution is 0.126. The average molecular weight is 212 g/mol. The molecule has 1 heterocycles. The Morgan fingerprint density at radius 3 is 2.73 bits per heavy atom. The van der Waals surface area contributed by atoms with E-state index in [2.05, 4.69) is 32.3 Å². The van der Waals surface area contributed by atoms with E-state index in [1.807, 2.05) is 0 Å². The molecule has 1 saturated heterocycles. The summed E-state index contributed by atoms with van der Waals surface area (Å²) in [5.74, 6) is 0. The maximum atomic E-state index is 6.07. The Bertz CT molecular complexity index is 230. The normalized spacial score (nSPS) is 31.1. The fourth-order valence-electron chi connectivity index (χ4n) is 2.06. The van der Waals surface area contributed by atoms with Gasteiger partial charge in [0.2, 0.25) is 0 Å². The van der Waals surface area contributed by atoms with Crippen molar-refractivity contribution in [3.8, 4) is 0 Å². The minimum atomic E-state index is 0.103. The number of hydrogen-bond donors (Lipinski definition) is 1. The van der Waals surface area contributed by atoms with Crippen LogP contribution in [0.25, 0.3) is 0 Å². The monoisotopic (exact) mass is 212 g/mol. The van der Waals surface area contributed by atoms with Gasteiger partial charge < -0.3 is 10.5 Å². The maximum Gasteiger partial charge on any atom is 0.0624 e. The van der Waals surface area contributed by atoms with Crippen LogP contribution in [-0.2, 0) is 4.74 Å². The van der Waals surface area contributed by atoms with Gasteiger partial charge in [-0.15, -0.1) is 0 Å². The van der Waals surface area contributed by atoms with Crippen molar-refractivity contribution in [3.63, 3.8) is 0 Å². The minimum Gasteiger partial charge on any atom is -0.379 e. The zero-order valence-electron chi connectivity index (χ0n) is 10.3. The highest BCUT2D eigenvalue weighted by Crippen LogP contribution is 2.28. The highest BCUT2D eigenvalue weighted by Gasteiger charge is 2.38. The fourth-order valence-corrected chi connectivity index (χ4v) is 2.06. The summed E-state index contributed by atoms with van der Waals surface area (Å²) in [5.41, 5.74) is 7.38. The second-order valence-electron chi connectivity index (χ2n) is 5.04. The summed E-state index contributed by atoms with van der Waals surface area (Å²) in [4.78, 5) is 2.39. The van der Waals surface area contributed by atoms with E-state index >= 15 is 0 Å². The molecule has 1 rings (SSSR count).